The third kappa shape index (κ3) is 2.28. The molecule has 25 heavy (non-hydrogen) atoms. The van der Waals surface area contributed by atoms with Gasteiger partial charge in [-0.05, 0) is 24.3 Å². The highest BCUT2D eigenvalue weighted by atomic mass is 79.9. The van der Waals surface area contributed by atoms with Crippen LogP contribution in [0.3, 0.4) is 0 Å². The first-order valence-corrected chi connectivity index (χ1v) is 7.92. The van der Waals surface area contributed by atoms with Crippen LogP contribution in [0.25, 0.3) is 5.57 Å². The lowest BCUT2D eigenvalue weighted by atomic mass is 10.0. The lowest BCUT2D eigenvalue weighted by Crippen LogP contribution is -2.12. The molecule has 0 spiro atoms. The Morgan fingerprint density at radius 3 is 2.52 bits per heavy atom. The summed E-state index contributed by atoms with van der Waals surface area (Å²) in [6, 6.07) is 9.47. The molecule has 124 valence electrons. The molecule has 0 atom stereocenters. The van der Waals surface area contributed by atoms with Crippen LogP contribution < -0.4 is 10.6 Å². The number of nitro groups is 1. The molecule has 0 radical (unpaired) electrons. The second-order valence-corrected chi connectivity index (χ2v) is 6.37. The number of nitro benzene ring substituents is 1. The van der Waals surface area contributed by atoms with Crippen LogP contribution in [0.15, 0.2) is 51.7 Å². The molecule has 0 bridgehead atoms. The lowest BCUT2D eigenvalue weighted by molar-refractivity contribution is -0.384. The van der Waals surface area contributed by atoms with Crippen LogP contribution >= 0.6 is 15.9 Å². The molecule has 9 heteroatoms. The largest absolute Gasteiger partial charge is 0.410 e. The van der Waals surface area contributed by atoms with E-state index in [0.29, 0.717) is 28.2 Å². The summed E-state index contributed by atoms with van der Waals surface area (Å²) in [5.74, 6) is -0.425. The van der Waals surface area contributed by atoms with Crippen LogP contribution in [0.5, 0.6) is 0 Å². The normalized spacial score (nSPS) is 19.4. The van der Waals surface area contributed by atoms with E-state index in [1.165, 1.54) is 18.2 Å². The summed E-state index contributed by atoms with van der Waals surface area (Å²) in [4.78, 5) is 23.0. The van der Waals surface area contributed by atoms with Crippen molar-refractivity contribution in [1.29, 1.82) is 0 Å². The molecular weight excluding hydrogens is 392 g/mol. The Labute approximate surface area is 149 Å². The summed E-state index contributed by atoms with van der Waals surface area (Å²) in [5, 5.41) is 29.6. The molecule has 0 saturated carbocycles. The first-order chi connectivity index (χ1) is 12.0. The Morgan fingerprint density at radius 2 is 1.80 bits per heavy atom. The molecule has 0 aliphatic carbocycles. The van der Waals surface area contributed by atoms with E-state index in [0.717, 1.165) is 4.47 Å². The van der Waals surface area contributed by atoms with Gasteiger partial charge in [-0.15, -0.1) is 0 Å². The molecule has 2 heterocycles. The second kappa shape index (κ2) is 5.42. The topological polar surface area (TPSA) is 117 Å². The van der Waals surface area contributed by atoms with E-state index in [4.69, 9.17) is 0 Å². The van der Waals surface area contributed by atoms with Crippen LogP contribution in [-0.2, 0) is 4.79 Å². The number of halogens is 1. The van der Waals surface area contributed by atoms with Crippen LogP contribution in [0.1, 0.15) is 11.1 Å². The van der Waals surface area contributed by atoms with Gasteiger partial charge in [0.25, 0.3) is 11.6 Å². The van der Waals surface area contributed by atoms with Crippen LogP contribution in [0, 0.1) is 10.1 Å². The standard InChI is InChI=1S/C16H9BrN4O4/c17-7-1-3-12-10(5-7)14(20-23)15(18-12)13-9-6-8(21(24)25)2-4-11(9)19-16(13)22/h1-6,18,23H,(H,19,22)/b15-13-,20-14-. The van der Waals surface area contributed by atoms with Gasteiger partial charge in [0.1, 0.15) is 5.71 Å². The van der Waals surface area contributed by atoms with Crippen molar-refractivity contribution in [2.75, 3.05) is 10.6 Å². The van der Waals surface area contributed by atoms with Crippen molar-refractivity contribution < 1.29 is 14.9 Å². The van der Waals surface area contributed by atoms with Crippen LogP contribution in [0.4, 0.5) is 17.1 Å². The monoisotopic (exact) mass is 400 g/mol. The minimum absolute atomic E-state index is 0.130. The number of non-ortho nitro benzene ring substituents is 1. The number of benzene rings is 2. The summed E-state index contributed by atoms with van der Waals surface area (Å²) in [7, 11) is 0. The van der Waals surface area contributed by atoms with Crippen molar-refractivity contribution in [3.8, 4) is 0 Å². The molecule has 0 saturated heterocycles. The van der Waals surface area contributed by atoms with Crippen LogP contribution in [-0.4, -0.2) is 21.7 Å². The Balaban J connectivity index is 1.95. The molecule has 0 unspecified atom stereocenters. The Kier molecular flexibility index (Phi) is 3.32. The third-order valence-corrected chi connectivity index (χ3v) is 4.54. The van der Waals surface area contributed by atoms with E-state index in [1.54, 1.807) is 12.1 Å². The first kappa shape index (κ1) is 15.3. The molecule has 2 aromatic rings. The predicted octanol–water partition coefficient (Wildman–Crippen LogP) is 3.32. The molecule has 2 aromatic carbocycles. The summed E-state index contributed by atoms with van der Waals surface area (Å²) in [6.45, 7) is 0. The van der Waals surface area contributed by atoms with E-state index in [-0.39, 0.29) is 17.0 Å². The van der Waals surface area contributed by atoms with Gasteiger partial charge in [0.2, 0.25) is 0 Å². The Morgan fingerprint density at radius 1 is 1.08 bits per heavy atom. The smallest absolute Gasteiger partial charge is 0.270 e. The van der Waals surface area contributed by atoms with Gasteiger partial charge in [-0.3, -0.25) is 14.9 Å². The maximum atomic E-state index is 12.5. The molecule has 4 rings (SSSR count). The zero-order valence-electron chi connectivity index (χ0n) is 12.4. The minimum Gasteiger partial charge on any atom is -0.410 e. The fourth-order valence-electron chi connectivity index (χ4n) is 2.95. The van der Waals surface area contributed by atoms with E-state index in [2.05, 4.69) is 31.7 Å². The van der Waals surface area contributed by atoms with Gasteiger partial charge in [-0.25, -0.2) is 0 Å². The van der Waals surface area contributed by atoms with Gasteiger partial charge in [-0.1, -0.05) is 21.1 Å². The summed E-state index contributed by atoms with van der Waals surface area (Å²) in [5.41, 5.74) is 2.70. The van der Waals surface area contributed by atoms with Gasteiger partial charge in [0.15, 0.2) is 0 Å². The van der Waals surface area contributed by atoms with Crippen LogP contribution in [0.2, 0.25) is 0 Å². The van der Waals surface area contributed by atoms with Gasteiger partial charge in [0.05, 0.1) is 16.2 Å². The van der Waals surface area contributed by atoms with Crippen molar-refractivity contribution in [1.82, 2.24) is 0 Å². The molecule has 8 nitrogen and oxygen atoms in total. The van der Waals surface area contributed by atoms with E-state index in [1.807, 2.05) is 6.07 Å². The number of carbonyl (C=O) groups is 1. The fourth-order valence-corrected chi connectivity index (χ4v) is 3.31. The van der Waals surface area contributed by atoms with Gasteiger partial charge in [-0.2, -0.15) is 0 Å². The van der Waals surface area contributed by atoms with Crippen molar-refractivity contribution in [2.24, 2.45) is 5.16 Å². The van der Waals surface area contributed by atoms with Crippen molar-refractivity contribution in [2.45, 2.75) is 0 Å². The average Bonchev–Trinajstić information content (AvgIpc) is 3.09. The molecule has 0 fully saturated rings. The number of rotatable bonds is 1. The number of nitrogens with zero attached hydrogens (tertiary/aromatic N) is 2. The molecule has 2 aliphatic rings. The zero-order chi connectivity index (χ0) is 17.7. The quantitative estimate of drug-likeness (QED) is 0.293. The number of allylic oxidation sites excluding steroid dienone is 1. The van der Waals surface area contributed by atoms with Crippen molar-refractivity contribution in [3.63, 3.8) is 0 Å². The number of hydrogen-bond donors (Lipinski definition) is 3. The molecule has 2 aliphatic heterocycles. The number of anilines is 2. The summed E-state index contributed by atoms with van der Waals surface area (Å²) < 4.78 is 0.785. The minimum atomic E-state index is -0.527. The van der Waals surface area contributed by atoms with Crippen molar-refractivity contribution in [3.05, 3.63) is 67.8 Å². The summed E-state index contributed by atoms with van der Waals surface area (Å²) in [6.07, 6.45) is 0. The Hall–Kier alpha value is -3.20. The second-order valence-electron chi connectivity index (χ2n) is 5.45. The van der Waals surface area contributed by atoms with Gasteiger partial charge >= 0.3 is 0 Å². The number of fused-ring (bicyclic) bond motifs is 2. The number of hydrogen-bond acceptors (Lipinski definition) is 6. The number of nitrogens with one attached hydrogen (secondary N) is 2. The average molecular weight is 401 g/mol. The highest BCUT2D eigenvalue weighted by molar-refractivity contribution is 9.10. The third-order valence-electron chi connectivity index (χ3n) is 4.04. The molecule has 0 aromatic heterocycles. The number of oxime groups is 1. The predicted molar refractivity (Wildman–Crippen MR) is 94.7 cm³/mol. The molecule has 1 amide bonds. The van der Waals surface area contributed by atoms with E-state index >= 15 is 0 Å². The maximum Gasteiger partial charge on any atom is 0.270 e. The number of carbonyl (C=O) groups excluding carboxylic acids is 1. The molecular formula is C16H9BrN4O4. The molecule has 3 N–H and O–H groups in total. The van der Waals surface area contributed by atoms with Gasteiger partial charge in [0, 0.05) is 39.1 Å². The zero-order valence-corrected chi connectivity index (χ0v) is 14.0. The fraction of sp³-hybridized carbons (Fsp3) is 0. The Bertz CT molecular complexity index is 1030. The number of amides is 1. The van der Waals surface area contributed by atoms with Gasteiger partial charge < -0.3 is 15.8 Å². The highest BCUT2D eigenvalue weighted by Gasteiger charge is 2.35. The lowest BCUT2D eigenvalue weighted by Gasteiger charge is -2.05. The first-order valence-electron chi connectivity index (χ1n) is 7.13. The van der Waals surface area contributed by atoms with E-state index in [9.17, 15) is 20.1 Å². The maximum absolute atomic E-state index is 12.5. The summed E-state index contributed by atoms with van der Waals surface area (Å²) >= 11 is 3.35. The SMILES string of the molecule is O=C1Nc2ccc([N+](=O)[O-])cc2/C1=C1/Nc2ccc(Br)cc2/C1=N/O. The van der Waals surface area contributed by atoms with Crippen molar-refractivity contribution >= 4 is 50.2 Å². The highest BCUT2D eigenvalue weighted by Crippen LogP contribution is 2.40. The van der Waals surface area contributed by atoms with E-state index < -0.39 is 10.8 Å².